The van der Waals surface area contributed by atoms with Gasteiger partial charge in [0.2, 0.25) is 5.95 Å². The number of hydrogen-bond acceptors (Lipinski definition) is 5. The van der Waals surface area contributed by atoms with E-state index in [2.05, 4.69) is 20.6 Å². The van der Waals surface area contributed by atoms with Crippen molar-refractivity contribution in [2.24, 2.45) is 0 Å². The number of rotatable bonds is 3. The van der Waals surface area contributed by atoms with Crippen LogP contribution in [0.2, 0.25) is 5.15 Å². The van der Waals surface area contributed by atoms with Crippen LogP contribution in [-0.4, -0.2) is 28.2 Å². The Hall–Kier alpha value is -2.06. The van der Waals surface area contributed by atoms with E-state index < -0.39 is 16.9 Å². The van der Waals surface area contributed by atoms with E-state index in [1.165, 1.54) is 0 Å². The molecule has 0 radical (unpaired) electrons. The van der Waals surface area contributed by atoms with Gasteiger partial charge in [0.05, 0.1) is 5.69 Å². The maximum atomic E-state index is 12.7. The van der Waals surface area contributed by atoms with Crippen molar-refractivity contribution < 1.29 is 18.3 Å². The zero-order chi connectivity index (χ0) is 18.0. The summed E-state index contributed by atoms with van der Waals surface area (Å²) in [5, 5.41) is 15.5. The van der Waals surface area contributed by atoms with E-state index in [0.29, 0.717) is 17.8 Å². The van der Waals surface area contributed by atoms with Crippen molar-refractivity contribution in [2.75, 3.05) is 18.4 Å². The number of halogens is 4. The molecule has 134 valence electrons. The third-order valence-corrected chi connectivity index (χ3v) is 4.41. The zero-order valence-corrected chi connectivity index (χ0v) is 13.8. The van der Waals surface area contributed by atoms with Crippen molar-refractivity contribution in [2.45, 2.75) is 24.9 Å². The quantitative estimate of drug-likeness (QED) is 0.560. The van der Waals surface area contributed by atoms with E-state index in [9.17, 15) is 18.3 Å². The molecule has 0 unspecified atom stereocenters. The molecule has 3 N–H and O–H groups in total. The molecule has 1 aliphatic rings. The van der Waals surface area contributed by atoms with Gasteiger partial charge in [0.1, 0.15) is 16.5 Å². The van der Waals surface area contributed by atoms with Crippen LogP contribution in [0, 0.1) is 0 Å². The molecule has 0 atom stereocenters. The summed E-state index contributed by atoms with van der Waals surface area (Å²) in [4.78, 5) is 7.20. The van der Waals surface area contributed by atoms with Gasteiger partial charge in [0.25, 0.3) is 0 Å². The second-order valence-corrected chi connectivity index (χ2v) is 6.18. The number of aromatic hydroxyl groups is 1. The van der Waals surface area contributed by atoms with Gasteiger partial charge in [0.15, 0.2) is 0 Å². The molecule has 0 spiro atoms. The summed E-state index contributed by atoms with van der Waals surface area (Å²) in [7, 11) is 0. The Morgan fingerprint density at radius 1 is 1.24 bits per heavy atom. The lowest BCUT2D eigenvalue weighted by Gasteiger charge is -2.23. The smallest absolute Gasteiger partial charge is 0.420 e. The standard InChI is InChI=1S/C16H16ClF3N4O/c17-14-11(16(18,19)20)8-22-15(24-14)23-12-2-1-10(7-13(12)25)9-3-5-21-6-4-9/h1-2,7-9,21,25H,3-6H2,(H,22,23,24). The van der Waals surface area contributed by atoms with Crippen LogP contribution in [0.1, 0.15) is 29.9 Å². The minimum Gasteiger partial charge on any atom is -0.506 e. The number of benzene rings is 1. The van der Waals surface area contributed by atoms with E-state index in [4.69, 9.17) is 11.6 Å². The predicted molar refractivity (Wildman–Crippen MR) is 88.3 cm³/mol. The van der Waals surface area contributed by atoms with Crippen LogP contribution >= 0.6 is 11.6 Å². The van der Waals surface area contributed by atoms with Gasteiger partial charge in [0, 0.05) is 6.20 Å². The van der Waals surface area contributed by atoms with Crippen molar-refractivity contribution in [3.8, 4) is 5.75 Å². The van der Waals surface area contributed by atoms with E-state index in [1.54, 1.807) is 12.1 Å². The summed E-state index contributed by atoms with van der Waals surface area (Å²) >= 11 is 5.57. The molecule has 9 heteroatoms. The Balaban J connectivity index is 1.78. The predicted octanol–water partition coefficient (Wildman–Crippen LogP) is 4.07. The van der Waals surface area contributed by atoms with Crippen LogP contribution in [-0.2, 0) is 6.18 Å². The molecule has 0 aliphatic carbocycles. The fourth-order valence-electron chi connectivity index (χ4n) is 2.80. The van der Waals surface area contributed by atoms with Gasteiger partial charge in [-0.2, -0.15) is 13.2 Å². The minimum absolute atomic E-state index is 0.0179. The fourth-order valence-corrected chi connectivity index (χ4v) is 3.03. The number of anilines is 2. The summed E-state index contributed by atoms with van der Waals surface area (Å²) in [6.07, 6.45) is -2.03. The van der Waals surface area contributed by atoms with Crippen LogP contribution < -0.4 is 10.6 Å². The van der Waals surface area contributed by atoms with Gasteiger partial charge in [-0.25, -0.2) is 9.97 Å². The molecule has 1 aliphatic heterocycles. The maximum Gasteiger partial charge on any atom is 0.420 e. The number of nitrogens with zero attached hydrogens (tertiary/aromatic N) is 2. The second-order valence-electron chi connectivity index (χ2n) is 5.82. The Kier molecular flexibility index (Phi) is 5.01. The minimum atomic E-state index is -4.62. The normalized spacial score (nSPS) is 16.0. The third kappa shape index (κ3) is 4.13. The van der Waals surface area contributed by atoms with Gasteiger partial charge < -0.3 is 15.7 Å². The molecule has 1 aromatic carbocycles. The number of alkyl halides is 3. The highest BCUT2D eigenvalue weighted by Gasteiger charge is 2.34. The molecule has 5 nitrogen and oxygen atoms in total. The van der Waals surface area contributed by atoms with Crippen molar-refractivity contribution in [3.05, 3.63) is 40.7 Å². The van der Waals surface area contributed by atoms with E-state index >= 15 is 0 Å². The molecule has 1 fully saturated rings. The molecular weight excluding hydrogens is 357 g/mol. The first-order valence-electron chi connectivity index (χ1n) is 7.75. The highest BCUT2D eigenvalue weighted by Crippen LogP contribution is 2.35. The maximum absolute atomic E-state index is 12.7. The van der Waals surface area contributed by atoms with Gasteiger partial charge in [-0.3, -0.25) is 0 Å². The monoisotopic (exact) mass is 372 g/mol. The lowest BCUT2D eigenvalue weighted by atomic mass is 9.90. The SMILES string of the molecule is Oc1cc(C2CCNCC2)ccc1Nc1ncc(C(F)(F)F)c(Cl)n1. The van der Waals surface area contributed by atoms with Crippen LogP contribution in [0.5, 0.6) is 5.75 Å². The average Bonchev–Trinajstić information content (AvgIpc) is 2.56. The molecule has 0 saturated carbocycles. The Labute approximate surface area is 147 Å². The summed E-state index contributed by atoms with van der Waals surface area (Å²) in [6.45, 7) is 1.87. The molecule has 25 heavy (non-hydrogen) atoms. The first-order chi connectivity index (χ1) is 11.8. The van der Waals surface area contributed by atoms with Gasteiger partial charge in [-0.1, -0.05) is 17.7 Å². The van der Waals surface area contributed by atoms with Crippen LogP contribution in [0.3, 0.4) is 0 Å². The number of hydrogen-bond donors (Lipinski definition) is 3. The molecule has 0 bridgehead atoms. The fraction of sp³-hybridized carbons (Fsp3) is 0.375. The molecule has 2 heterocycles. The van der Waals surface area contributed by atoms with Crippen molar-refractivity contribution in [1.29, 1.82) is 0 Å². The Morgan fingerprint density at radius 2 is 1.96 bits per heavy atom. The molecule has 1 saturated heterocycles. The van der Waals surface area contributed by atoms with Gasteiger partial charge >= 0.3 is 6.18 Å². The lowest BCUT2D eigenvalue weighted by molar-refractivity contribution is -0.137. The van der Waals surface area contributed by atoms with Crippen LogP contribution in [0.15, 0.2) is 24.4 Å². The van der Waals surface area contributed by atoms with E-state index in [0.717, 1.165) is 31.5 Å². The molecule has 0 amide bonds. The van der Waals surface area contributed by atoms with Crippen molar-refractivity contribution >= 4 is 23.2 Å². The van der Waals surface area contributed by atoms with Crippen LogP contribution in [0.4, 0.5) is 24.8 Å². The summed E-state index contributed by atoms with van der Waals surface area (Å²) in [5.74, 6) is 0.233. The number of nitrogens with one attached hydrogen (secondary N) is 2. The zero-order valence-electron chi connectivity index (χ0n) is 13.1. The summed E-state index contributed by atoms with van der Waals surface area (Å²) < 4.78 is 38.0. The van der Waals surface area contributed by atoms with Crippen molar-refractivity contribution in [3.63, 3.8) is 0 Å². The molecule has 3 rings (SSSR count). The van der Waals surface area contributed by atoms with Crippen molar-refractivity contribution in [1.82, 2.24) is 15.3 Å². The Bertz CT molecular complexity index is 764. The number of phenols is 1. The van der Waals surface area contributed by atoms with Gasteiger partial charge in [-0.05, 0) is 49.5 Å². The number of phenolic OH excluding ortho intramolecular Hbond substituents is 1. The highest BCUT2D eigenvalue weighted by atomic mass is 35.5. The Morgan fingerprint density at radius 3 is 2.56 bits per heavy atom. The van der Waals surface area contributed by atoms with Gasteiger partial charge in [-0.15, -0.1) is 0 Å². The van der Waals surface area contributed by atoms with E-state index in [1.807, 2.05) is 6.07 Å². The highest BCUT2D eigenvalue weighted by molar-refractivity contribution is 6.30. The lowest BCUT2D eigenvalue weighted by Crippen LogP contribution is -2.26. The summed E-state index contributed by atoms with van der Waals surface area (Å²) in [5.41, 5.74) is 0.217. The molecule has 2 aromatic rings. The second kappa shape index (κ2) is 7.05. The number of aromatic nitrogens is 2. The molecule has 1 aromatic heterocycles. The van der Waals surface area contributed by atoms with E-state index in [-0.39, 0.29) is 11.7 Å². The summed E-state index contributed by atoms with van der Waals surface area (Å²) in [6, 6.07) is 5.19. The largest absolute Gasteiger partial charge is 0.506 e. The third-order valence-electron chi connectivity index (χ3n) is 4.13. The topological polar surface area (TPSA) is 70.1 Å². The first kappa shape index (κ1) is 17.8. The average molecular weight is 373 g/mol. The van der Waals surface area contributed by atoms with Crippen LogP contribution in [0.25, 0.3) is 0 Å². The number of piperidine rings is 1. The first-order valence-corrected chi connectivity index (χ1v) is 8.13. The molecular formula is C16H16ClF3N4O.